The molecule has 0 aliphatic rings. The van der Waals surface area contributed by atoms with Crippen molar-refractivity contribution < 1.29 is 5.11 Å². The van der Waals surface area contributed by atoms with E-state index in [1.807, 2.05) is 59.4 Å². The van der Waals surface area contributed by atoms with E-state index in [1.54, 1.807) is 0 Å². The van der Waals surface area contributed by atoms with E-state index in [2.05, 4.69) is 24.3 Å². The van der Waals surface area contributed by atoms with E-state index in [4.69, 9.17) is 5.10 Å². The van der Waals surface area contributed by atoms with Gasteiger partial charge in [-0.3, -0.25) is 0 Å². The molecule has 0 radical (unpaired) electrons. The van der Waals surface area contributed by atoms with Gasteiger partial charge in [-0.2, -0.15) is 5.10 Å². The highest BCUT2D eigenvalue weighted by molar-refractivity contribution is 5.96. The summed E-state index contributed by atoms with van der Waals surface area (Å²) in [5, 5.41) is 16.8. The van der Waals surface area contributed by atoms with Crippen LogP contribution >= 0.6 is 0 Å². The second-order valence-electron chi connectivity index (χ2n) is 5.47. The first kappa shape index (κ1) is 13.7. The van der Waals surface area contributed by atoms with Crippen LogP contribution in [-0.4, -0.2) is 14.9 Å². The summed E-state index contributed by atoms with van der Waals surface area (Å²) >= 11 is 0. The monoisotopic (exact) mass is 300 g/mol. The molecule has 1 N–H and O–H groups in total. The summed E-state index contributed by atoms with van der Waals surface area (Å²) in [6.07, 6.45) is 1.90. The van der Waals surface area contributed by atoms with Crippen molar-refractivity contribution in [1.29, 1.82) is 0 Å². The number of aromatic nitrogens is 2. The third kappa shape index (κ3) is 2.41. The lowest BCUT2D eigenvalue weighted by molar-refractivity contribution is 0.282. The lowest BCUT2D eigenvalue weighted by Gasteiger charge is -2.05. The molecule has 3 heteroatoms. The summed E-state index contributed by atoms with van der Waals surface area (Å²) < 4.78 is 1.82. The molecule has 0 unspecified atom stereocenters. The van der Waals surface area contributed by atoms with Crippen LogP contribution in [0.1, 0.15) is 5.56 Å². The molecule has 23 heavy (non-hydrogen) atoms. The molecule has 0 saturated carbocycles. The zero-order valence-corrected chi connectivity index (χ0v) is 12.6. The Hall–Kier alpha value is -2.91. The van der Waals surface area contributed by atoms with Crippen LogP contribution in [0.15, 0.2) is 79.0 Å². The number of hydrogen-bond acceptors (Lipinski definition) is 2. The molecule has 0 aliphatic heterocycles. The quantitative estimate of drug-likeness (QED) is 0.616. The molecule has 3 nitrogen and oxygen atoms in total. The number of nitrogens with zero attached hydrogens (tertiary/aromatic N) is 2. The Labute approximate surface area is 134 Å². The molecule has 112 valence electrons. The Balaban J connectivity index is 1.93. The molecule has 0 amide bonds. The van der Waals surface area contributed by atoms with Crippen molar-refractivity contribution in [3.63, 3.8) is 0 Å². The van der Waals surface area contributed by atoms with Gasteiger partial charge in [-0.1, -0.05) is 60.7 Å². The molecule has 0 bridgehead atoms. The van der Waals surface area contributed by atoms with Crippen molar-refractivity contribution in [1.82, 2.24) is 9.78 Å². The molecular formula is C20H16N2O. The van der Waals surface area contributed by atoms with Gasteiger partial charge in [0, 0.05) is 17.3 Å². The molecule has 1 aromatic heterocycles. The standard InChI is InChI=1S/C20H16N2O/c23-14-16-13-22(17-9-2-1-3-10-17)21-20(16)19-12-6-8-15-7-4-5-11-18(15)19/h1-13,23H,14H2. The van der Waals surface area contributed by atoms with Crippen molar-refractivity contribution >= 4 is 10.8 Å². The van der Waals surface area contributed by atoms with Crippen LogP contribution in [0, 0.1) is 0 Å². The molecule has 1 heterocycles. The minimum absolute atomic E-state index is 0.0363. The van der Waals surface area contributed by atoms with Crippen LogP contribution in [0.4, 0.5) is 0 Å². The second kappa shape index (κ2) is 5.71. The first-order valence-corrected chi connectivity index (χ1v) is 7.60. The van der Waals surface area contributed by atoms with Crippen molar-refractivity contribution in [2.75, 3.05) is 0 Å². The van der Waals surface area contributed by atoms with Gasteiger partial charge >= 0.3 is 0 Å². The third-order valence-electron chi connectivity index (χ3n) is 4.03. The summed E-state index contributed by atoms with van der Waals surface area (Å²) in [4.78, 5) is 0. The van der Waals surface area contributed by atoms with E-state index < -0.39 is 0 Å². The molecular weight excluding hydrogens is 284 g/mol. The van der Waals surface area contributed by atoms with E-state index in [1.165, 1.54) is 5.39 Å². The third-order valence-corrected chi connectivity index (χ3v) is 4.03. The molecule has 3 aromatic carbocycles. The molecule has 4 aromatic rings. The minimum atomic E-state index is -0.0363. The van der Waals surface area contributed by atoms with Gasteiger partial charge < -0.3 is 5.11 Å². The Morgan fingerprint density at radius 3 is 2.39 bits per heavy atom. The van der Waals surface area contributed by atoms with Gasteiger partial charge in [0.2, 0.25) is 0 Å². The van der Waals surface area contributed by atoms with Crippen LogP contribution in [0.3, 0.4) is 0 Å². The number of hydrogen-bond donors (Lipinski definition) is 1. The van der Waals surface area contributed by atoms with Crippen LogP contribution in [0.2, 0.25) is 0 Å². The summed E-state index contributed by atoms with van der Waals surface area (Å²) in [7, 11) is 0. The summed E-state index contributed by atoms with van der Waals surface area (Å²) in [6.45, 7) is -0.0363. The van der Waals surface area contributed by atoms with Gasteiger partial charge in [0.1, 0.15) is 0 Å². The van der Waals surface area contributed by atoms with Gasteiger partial charge in [-0.05, 0) is 22.9 Å². The maximum absolute atomic E-state index is 9.76. The Morgan fingerprint density at radius 2 is 1.57 bits per heavy atom. The summed E-state index contributed by atoms with van der Waals surface area (Å²) in [5.41, 5.74) is 3.67. The van der Waals surface area contributed by atoms with Crippen LogP contribution in [0.25, 0.3) is 27.7 Å². The van der Waals surface area contributed by atoms with Crippen molar-refractivity contribution in [2.24, 2.45) is 0 Å². The largest absolute Gasteiger partial charge is 0.392 e. The fourth-order valence-corrected chi connectivity index (χ4v) is 2.90. The van der Waals surface area contributed by atoms with E-state index in [0.29, 0.717) is 0 Å². The van der Waals surface area contributed by atoms with Crippen LogP contribution in [-0.2, 0) is 6.61 Å². The van der Waals surface area contributed by atoms with E-state index >= 15 is 0 Å². The molecule has 0 atom stereocenters. The zero-order chi connectivity index (χ0) is 15.6. The Kier molecular flexibility index (Phi) is 3.41. The predicted octanol–water partition coefficient (Wildman–Crippen LogP) is 4.18. The highest BCUT2D eigenvalue weighted by atomic mass is 16.3. The van der Waals surface area contributed by atoms with Crippen molar-refractivity contribution in [2.45, 2.75) is 6.61 Å². The van der Waals surface area contributed by atoms with Crippen LogP contribution < -0.4 is 0 Å². The van der Waals surface area contributed by atoms with E-state index in [0.717, 1.165) is 27.9 Å². The van der Waals surface area contributed by atoms with Gasteiger partial charge in [-0.15, -0.1) is 0 Å². The number of para-hydroxylation sites is 1. The predicted molar refractivity (Wildman–Crippen MR) is 92.4 cm³/mol. The SMILES string of the molecule is OCc1cn(-c2ccccc2)nc1-c1cccc2ccccc12. The number of fused-ring (bicyclic) bond motifs is 1. The zero-order valence-electron chi connectivity index (χ0n) is 12.6. The highest BCUT2D eigenvalue weighted by Gasteiger charge is 2.13. The van der Waals surface area contributed by atoms with Crippen molar-refractivity contribution in [3.8, 4) is 16.9 Å². The number of aliphatic hydroxyl groups is 1. The van der Waals surface area contributed by atoms with Gasteiger partial charge in [-0.25, -0.2) is 4.68 Å². The fraction of sp³-hybridized carbons (Fsp3) is 0.0500. The normalized spacial score (nSPS) is 11.0. The molecule has 0 spiro atoms. The topological polar surface area (TPSA) is 38.0 Å². The molecule has 0 saturated heterocycles. The second-order valence-corrected chi connectivity index (χ2v) is 5.47. The average Bonchev–Trinajstić information content (AvgIpc) is 3.06. The van der Waals surface area contributed by atoms with E-state index in [-0.39, 0.29) is 6.61 Å². The molecule has 4 rings (SSSR count). The highest BCUT2D eigenvalue weighted by Crippen LogP contribution is 2.30. The number of aliphatic hydroxyl groups excluding tert-OH is 1. The van der Waals surface area contributed by atoms with Gasteiger partial charge in [0.25, 0.3) is 0 Å². The van der Waals surface area contributed by atoms with Gasteiger partial charge in [0.15, 0.2) is 0 Å². The summed E-state index contributed by atoms with van der Waals surface area (Å²) in [5.74, 6) is 0. The van der Waals surface area contributed by atoms with E-state index in [9.17, 15) is 5.11 Å². The first-order chi connectivity index (χ1) is 11.4. The molecule has 0 aliphatic carbocycles. The maximum Gasteiger partial charge on any atom is 0.0989 e. The van der Waals surface area contributed by atoms with Gasteiger partial charge in [0.05, 0.1) is 18.0 Å². The first-order valence-electron chi connectivity index (χ1n) is 7.60. The van der Waals surface area contributed by atoms with Crippen molar-refractivity contribution in [3.05, 3.63) is 84.6 Å². The lowest BCUT2D eigenvalue weighted by atomic mass is 10.0. The number of rotatable bonds is 3. The fourth-order valence-electron chi connectivity index (χ4n) is 2.90. The smallest absolute Gasteiger partial charge is 0.0989 e. The lowest BCUT2D eigenvalue weighted by Crippen LogP contribution is -1.94. The maximum atomic E-state index is 9.76. The average molecular weight is 300 g/mol. The Bertz CT molecular complexity index is 952. The summed E-state index contributed by atoms with van der Waals surface area (Å²) in [6, 6.07) is 24.3. The molecule has 0 fully saturated rings. The van der Waals surface area contributed by atoms with Crippen LogP contribution in [0.5, 0.6) is 0 Å². The number of benzene rings is 3. The Morgan fingerprint density at radius 1 is 0.826 bits per heavy atom. The minimum Gasteiger partial charge on any atom is -0.392 e.